The van der Waals surface area contributed by atoms with E-state index < -0.39 is 9.84 Å². The zero-order valence-electron chi connectivity index (χ0n) is 22.0. The van der Waals surface area contributed by atoms with Crippen molar-refractivity contribution in [1.29, 1.82) is 0 Å². The van der Waals surface area contributed by atoms with Gasteiger partial charge in [-0.1, -0.05) is 26.2 Å². The van der Waals surface area contributed by atoms with Gasteiger partial charge in [0.15, 0.2) is 9.84 Å². The molecule has 3 aliphatic carbocycles. The molecule has 0 bridgehead atoms. The molecular weight excluding hydrogens is 448 g/mol. The molecule has 1 N–H and O–H groups in total. The van der Waals surface area contributed by atoms with E-state index >= 15 is 0 Å². The highest BCUT2D eigenvalue weighted by molar-refractivity contribution is 7.92. The van der Waals surface area contributed by atoms with E-state index in [1.165, 1.54) is 19.3 Å². The highest BCUT2D eigenvalue weighted by atomic mass is 32.2. The summed E-state index contributed by atoms with van der Waals surface area (Å²) in [6, 6.07) is 0.534. The molecule has 196 valence electrons. The van der Waals surface area contributed by atoms with Crippen molar-refractivity contribution in [3.63, 3.8) is 0 Å². The topological polar surface area (TPSA) is 83.5 Å². The van der Waals surface area contributed by atoms with Crippen LogP contribution in [-0.2, 0) is 19.4 Å². The molecule has 0 aromatic rings. The van der Waals surface area contributed by atoms with Gasteiger partial charge in [0.05, 0.1) is 5.25 Å². The Hall–Kier alpha value is -1.11. The smallest absolute Gasteiger partial charge is 0.226 e. The number of hydrogen-bond donors (Lipinski definition) is 1. The van der Waals surface area contributed by atoms with E-state index in [2.05, 4.69) is 31.0 Å². The number of nitrogens with zero attached hydrogens (tertiary/aromatic N) is 1. The first-order valence-corrected chi connectivity index (χ1v) is 15.6. The molecule has 0 spiro atoms. The Morgan fingerprint density at radius 2 is 1.44 bits per heavy atom. The largest absolute Gasteiger partial charge is 0.353 e. The lowest BCUT2D eigenvalue weighted by Crippen LogP contribution is -2.55. The van der Waals surface area contributed by atoms with E-state index in [0.29, 0.717) is 31.2 Å². The van der Waals surface area contributed by atoms with Crippen molar-refractivity contribution in [2.24, 2.45) is 11.8 Å². The Morgan fingerprint density at radius 3 is 1.97 bits per heavy atom. The SMILES string of the molecule is CCS(=O)(=O)C1CCC(CC(=O)NC2CCC(C(=O)N(C3CCCCC3)C(C)(C)C)CC2)CC1. The van der Waals surface area contributed by atoms with E-state index in [9.17, 15) is 18.0 Å². The number of carbonyl (C=O) groups excluding carboxylic acids is 2. The number of hydrogen-bond acceptors (Lipinski definition) is 4. The van der Waals surface area contributed by atoms with Gasteiger partial charge >= 0.3 is 0 Å². The van der Waals surface area contributed by atoms with Gasteiger partial charge in [-0.15, -0.1) is 0 Å². The summed E-state index contributed by atoms with van der Waals surface area (Å²) in [6.07, 6.45) is 12.9. The second-order valence-electron chi connectivity index (χ2n) is 12.1. The van der Waals surface area contributed by atoms with Gasteiger partial charge in [0.2, 0.25) is 11.8 Å². The zero-order valence-corrected chi connectivity index (χ0v) is 22.8. The van der Waals surface area contributed by atoms with Crippen molar-refractivity contribution in [2.75, 3.05) is 5.75 Å². The summed E-state index contributed by atoms with van der Waals surface area (Å²) in [6.45, 7) is 8.21. The van der Waals surface area contributed by atoms with Gasteiger partial charge in [0, 0.05) is 35.7 Å². The second-order valence-corrected chi connectivity index (χ2v) is 14.7. The van der Waals surface area contributed by atoms with E-state index in [4.69, 9.17) is 0 Å². The van der Waals surface area contributed by atoms with Crippen molar-refractivity contribution in [2.45, 2.75) is 140 Å². The predicted octanol–water partition coefficient (Wildman–Crippen LogP) is 5.00. The molecule has 6 nitrogen and oxygen atoms in total. The summed E-state index contributed by atoms with van der Waals surface area (Å²) in [7, 11) is -2.96. The molecule has 0 heterocycles. The number of sulfone groups is 1. The molecule has 0 aromatic heterocycles. The average molecular weight is 497 g/mol. The molecule has 34 heavy (non-hydrogen) atoms. The van der Waals surface area contributed by atoms with Crippen LogP contribution in [0.5, 0.6) is 0 Å². The minimum Gasteiger partial charge on any atom is -0.353 e. The van der Waals surface area contributed by atoms with Gasteiger partial charge in [0.1, 0.15) is 0 Å². The minimum atomic E-state index is -2.96. The predicted molar refractivity (Wildman–Crippen MR) is 137 cm³/mol. The Bertz CT molecular complexity index is 782. The number of carbonyl (C=O) groups is 2. The van der Waals surface area contributed by atoms with Gasteiger partial charge in [-0.3, -0.25) is 9.59 Å². The fourth-order valence-electron chi connectivity index (χ4n) is 6.56. The van der Waals surface area contributed by atoms with Crippen LogP contribution in [0.4, 0.5) is 0 Å². The third-order valence-electron chi connectivity index (χ3n) is 8.52. The normalized spacial score (nSPS) is 29.4. The molecule has 7 heteroatoms. The molecule has 0 aromatic carbocycles. The lowest BCUT2D eigenvalue weighted by Gasteiger charge is -2.46. The molecular formula is C27H48N2O4S. The fraction of sp³-hybridized carbons (Fsp3) is 0.926. The van der Waals surface area contributed by atoms with E-state index in [0.717, 1.165) is 51.4 Å². The Balaban J connectivity index is 1.43. The maximum absolute atomic E-state index is 13.6. The molecule has 3 rings (SSSR count). The van der Waals surface area contributed by atoms with Gasteiger partial charge < -0.3 is 10.2 Å². The van der Waals surface area contributed by atoms with Crippen molar-refractivity contribution < 1.29 is 18.0 Å². The van der Waals surface area contributed by atoms with Gasteiger partial charge in [-0.25, -0.2) is 8.42 Å². The molecule has 0 unspecified atom stereocenters. The highest BCUT2D eigenvalue weighted by Crippen LogP contribution is 2.34. The maximum atomic E-state index is 13.6. The van der Waals surface area contributed by atoms with Crippen LogP contribution in [0.15, 0.2) is 0 Å². The Kier molecular flexibility index (Phi) is 9.50. The third-order valence-corrected chi connectivity index (χ3v) is 10.8. The van der Waals surface area contributed by atoms with Gasteiger partial charge in [0.25, 0.3) is 0 Å². The van der Waals surface area contributed by atoms with Crippen LogP contribution in [-0.4, -0.2) is 53.8 Å². The van der Waals surface area contributed by atoms with Crippen LogP contribution in [0.3, 0.4) is 0 Å². The van der Waals surface area contributed by atoms with Gasteiger partial charge in [-0.05, 0) is 90.9 Å². The standard InChI is InChI=1S/C27H48N2O4S/c1-5-34(32,33)24-17-11-20(12-18-24)19-25(30)28-22-15-13-21(14-16-22)26(31)29(27(2,3)4)23-9-7-6-8-10-23/h20-24H,5-19H2,1-4H3,(H,28,30). The Morgan fingerprint density at radius 1 is 0.853 bits per heavy atom. The second kappa shape index (κ2) is 11.7. The quantitative estimate of drug-likeness (QED) is 0.537. The molecule has 0 atom stereocenters. The third kappa shape index (κ3) is 7.20. The van der Waals surface area contributed by atoms with Crippen LogP contribution in [0.25, 0.3) is 0 Å². The molecule has 0 saturated heterocycles. The van der Waals surface area contributed by atoms with Crippen molar-refractivity contribution >= 4 is 21.7 Å². The summed E-state index contributed by atoms with van der Waals surface area (Å²) in [5, 5.41) is 3.00. The summed E-state index contributed by atoms with van der Waals surface area (Å²) >= 11 is 0. The first kappa shape index (κ1) is 27.5. The highest BCUT2D eigenvalue weighted by Gasteiger charge is 2.39. The van der Waals surface area contributed by atoms with Crippen molar-refractivity contribution in [1.82, 2.24) is 10.2 Å². The summed E-state index contributed by atoms with van der Waals surface area (Å²) in [4.78, 5) is 28.4. The molecule has 0 radical (unpaired) electrons. The van der Waals surface area contributed by atoms with Crippen LogP contribution in [0, 0.1) is 11.8 Å². The average Bonchev–Trinajstić information content (AvgIpc) is 2.79. The minimum absolute atomic E-state index is 0.0742. The van der Waals surface area contributed by atoms with Crippen LogP contribution >= 0.6 is 0 Å². The molecule has 3 aliphatic rings. The van der Waals surface area contributed by atoms with Crippen molar-refractivity contribution in [3.8, 4) is 0 Å². The molecule has 2 amide bonds. The first-order valence-electron chi connectivity index (χ1n) is 13.9. The number of rotatable bonds is 7. The van der Waals surface area contributed by atoms with Crippen LogP contribution < -0.4 is 5.32 Å². The molecule has 3 fully saturated rings. The molecule has 3 saturated carbocycles. The van der Waals surface area contributed by atoms with Crippen LogP contribution in [0.1, 0.15) is 118 Å². The summed E-state index contributed by atoms with van der Waals surface area (Å²) in [5.41, 5.74) is -0.153. The Labute approximate surface area is 207 Å². The summed E-state index contributed by atoms with van der Waals surface area (Å²) < 4.78 is 24.2. The van der Waals surface area contributed by atoms with E-state index in [1.54, 1.807) is 6.92 Å². The lowest BCUT2D eigenvalue weighted by atomic mass is 9.82. The van der Waals surface area contributed by atoms with Gasteiger partial charge in [-0.2, -0.15) is 0 Å². The lowest BCUT2D eigenvalue weighted by molar-refractivity contribution is -0.146. The van der Waals surface area contributed by atoms with E-state index in [-0.39, 0.29) is 40.3 Å². The van der Waals surface area contributed by atoms with E-state index in [1.807, 2.05) is 0 Å². The maximum Gasteiger partial charge on any atom is 0.226 e. The van der Waals surface area contributed by atoms with Crippen molar-refractivity contribution in [3.05, 3.63) is 0 Å². The number of amides is 2. The number of nitrogens with one attached hydrogen (secondary N) is 1. The summed E-state index contributed by atoms with van der Waals surface area (Å²) in [5.74, 6) is 0.988. The van der Waals surface area contributed by atoms with Crippen LogP contribution in [0.2, 0.25) is 0 Å². The monoisotopic (exact) mass is 496 g/mol. The zero-order chi connectivity index (χ0) is 24.9. The fourth-order valence-corrected chi connectivity index (χ4v) is 8.02. The first-order chi connectivity index (χ1) is 16.0. The molecule has 0 aliphatic heterocycles.